The van der Waals surface area contributed by atoms with Gasteiger partial charge in [-0.1, -0.05) is 26.2 Å². The molecule has 0 aromatic heterocycles. The van der Waals surface area contributed by atoms with Crippen molar-refractivity contribution >= 4 is 5.69 Å². The predicted octanol–water partition coefficient (Wildman–Crippen LogP) is 4.28. The Morgan fingerprint density at radius 3 is 2.33 bits per heavy atom. The Hall–Kier alpha value is -1.32. The third-order valence-corrected chi connectivity index (χ3v) is 2.80. The predicted molar refractivity (Wildman–Crippen MR) is 69.6 cm³/mol. The monoisotopic (exact) mass is 257 g/mol. The summed E-state index contributed by atoms with van der Waals surface area (Å²) in [6, 6.07) is 2.14. The van der Waals surface area contributed by atoms with E-state index in [0.29, 0.717) is 0 Å². The second-order valence-corrected chi connectivity index (χ2v) is 4.59. The van der Waals surface area contributed by atoms with Gasteiger partial charge in [0.1, 0.15) is 0 Å². The van der Waals surface area contributed by atoms with Gasteiger partial charge >= 0.3 is 0 Å². The van der Waals surface area contributed by atoms with Crippen LogP contribution in [-0.4, -0.2) is 6.10 Å². The number of nitrogen functional groups attached to an aromatic ring is 1. The highest BCUT2D eigenvalue weighted by molar-refractivity contribution is 5.44. The summed E-state index contributed by atoms with van der Waals surface area (Å²) in [6.45, 7) is 3.96. The molecule has 1 aromatic carbocycles. The van der Waals surface area contributed by atoms with E-state index in [2.05, 4.69) is 6.92 Å². The molecule has 4 heteroatoms. The number of hydrogen-bond acceptors (Lipinski definition) is 2. The lowest BCUT2D eigenvalue weighted by Gasteiger charge is -2.16. The molecule has 2 nitrogen and oxygen atoms in total. The quantitative estimate of drug-likeness (QED) is 0.584. The van der Waals surface area contributed by atoms with Gasteiger partial charge in [-0.3, -0.25) is 0 Å². The number of rotatable bonds is 7. The van der Waals surface area contributed by atoms with E-state index in [4.69, 9.17) is 10.5 Å². The first-order valence-corrected chi connectivity index (χ1v) is 6.45. The van der Waals surface area contributed by atoms with Crippen molar-refractivity contribution in [2.45, 2.75) is 52.1 Å². The fourth-order valence-electron chi connectivity index (χ4n) is 1.81. The first kappa shape index (κ1) is 14.7. The third-order valence-electron chi connectivity index (χ3n) is 2.80. The number of unbranched alkanes of at least 4 members (excludes halogenated alkanes) is 3. The highest BCUT2D eigenvalue weighted by Gasteiger charge is 2.14. The van der Waals surface area contributed by atoms with E-state index in [9.17, 15) is 8.78 Å². The molecule has 0 bridgehead atoms. The van der Waals surface area contributed by atoms with E-state index >= 15 is 0 Å². The summed E-state index contributed by atoms with van der Waals surface area (Å²) in [4.78, 5) is 0. The van der Waals surface area contributed by atoms with Crippen molar-refractivity contribution in [3.05, 3.63) is 23.8 Å². The summed E-state index contributed by atoms with van der Waals surface area (Å²) in [7, 11) is 0. The minimum atomic E-state index is -0.743. The van der Waals surface area contributed by atoms with Crippen LogP contribution < -0.4 is 10.5 Å². The van der Waals surface area contributed by atoms with Crippen LogP contribution >= 0.6 is 0 Å². The molecule has 102 valence electrons. The maximum absolute atomic E-state index is 13.5. The third kappa shape index (κ3) is 4.51. The van der Waals surface area contributed by atoms with Crippen LogP contribution in [0.15, 0.2) is 12.1 Å². The number of nitrogens with two attached hydrogens (primary N) is 1. The highest BCUT2D eigenvalue weighted by Crippen LogP contribution is 2.26. The Labute approximate surface area is 107 Å². The second kappa shape index (κ2) is 7.19. The summed E-state index contributed by atoms with van der Waals surface area (Å²) in [5, 5.41) is 0. The van der Waals surface area contributed by atoms with Gasteiger partial charge in [-0.2, -0.15) is 0 Å². The standard InChI is InChI=1S/C14H21F2NO/c1-3-4-5-6-7-10(2)18-14-12(15)8-11(17)9-13(14)16/h8-10H,3-7,17H2,1-2H3. The van der Waals surface area contributed by atoms with Crippen molar-refractivity contribution in [3.8, 4) is 5.75 Å². The van der Waals surface area contributed by atoms with Crippen LogP contribution in [0.2, 0.25) is 0 Å². The molecule has 0 amide bonds. The molecule has 1 atom stereocenters. The number of anilines is 1. The van der Waals surface area contributed by atoms with E-state index in [0.717, 1.165) is 37.8 Å². The van der Waals surface area contributed by atoms with E-state index in [-0.39, 0.29) is 17.5 Å². The summed E-state index contributed by atoms with van der Waals surface area (Å²) in [5.74, 6) is -1.81. The zero-order valence-corrected chi connectivity index (χ0v) is 11.0. The molecule has 2 N–H and O–H groups in total. The Bertz CT molecular complexity index is 359. The van der Waals surface area contributed by atoms with Gasteiger partial charge in [-0.05, 0) is 19.8 Å². The van der Waals surface area contributed by atoms with Gasteiger partial charge in [-0.15, -0.1) is 0 Å². The summed E-state index contributed by atoms with van der Waals surface area (Å²) >= 11 is 0. The molecule has 0 aliphatic rings. The minimum Gasteiger partial charge on any atom is -0.485 e. The zero-order chi connectivity index (χ0) is 13.5. The van der Waals surface area contributed by atoms with Crippen molar-refractivity contribution in [3.63, 3.8) is 0 Å². The fraction of sp³-hybridized carbons (Fsp3) is 0.571. The Kier molecular flexibility index (Phi) is 5.89. The lowest BCUT2D eigenvalue weighted by Crippen LogP contribution is -2.13. The molecule has 18 heavy (non-hydrogen) atoms. The van der Waals surface area contributed by atoms with Gasteiger partial charge in [0.15, 0.2) is 17.4 Å². The van der Waals surface area contributed by atoms with Gasteiger partial charge in [0, 0.05) is 17.8 Å². The number of benzene rings is 1. The first-order valence-electron chi connectivity index (χ1n) is 6.45. The molecule has 1 unspecified atom stereocenters. The molecular weight excluding hydrogens is 236 g/mol. The number of ether oxygens (including phenoxy) is 1. The van der Waals surface area contributed by atoms with E-state index in [1.54, 1.807) is 0 Å². The topological polar surface area (TPSA) is 35.2 Å². The van der Waals surface area contributed by atoms with Crippen LogP contribution in [0.3, 0.4) is 0 Å². The van der Waals surface area contributed by atoms with E-state index in [1.165, 1.54) is 6.42 Å². The molecule has 0 saturated carbocycles. The molecule has 0 aliphatic heterocycles. The second-order valence-electron chi connectivity index (χ2n) is 4.59. The molecule has 0 saturated heterocycles. The maximum atomic E-state index is 13.5. The van der Waals surface area contributed by atoms with Crippen molar-refractivity contribution in [1.82, 2.24) is 0 Å². The van der Waals surface area contributed by atoms with E-state index < -0.39 is 11.6 Å². The maximum Gasteiger partial charge on any atom is 0.191 e. The molecule has 0 spiro atoms. The Balaban J connectivity index is 2.51. The molecule has 0 aliphatic carbocycles. The normalized spacial score (nSPS) is 12.4. The fourth-order valence-corrected chi connectivity index (χ4v) is 1.81. The first-order chi connectivity index (χ1) is 8.54. The lowest BCUT2D eigenvalue weighted by molar-refractivity contribution is 0.188. The smallest absolute Gasteiger partial charge is 0.191 e. The zero-order valence-electron chi connectivity index (χ0n) is 11.0. The van der Waals surface area contributed by atoms with Crippen molar-refractivity contribution < 1.29 is 13.5 Å². The van der Waals surface area contributed by atoms with Gasteiger partial charge in [0.25, 0.3) is 0 Å². The SMILES string of the molecule is CCCCCCC(C)Oc1c(F)cc(N)cc1F. The van der Waals surface area contributed by atoms with Crippen LogP contribution in [0.5, 0.6) is 5.75 Å². The summed E-state index contributed by atoms with van der Waals surface area (Å²) in [5.41, 5.74) is 5.40. The largest absolute Gasteiger partial charge is 0.485 e. The number of halogens is 2. The van der Waals surface area contributed by atoms with Crippen LogP contribution in [0.4, 0.5) is 14.5 Å². The Morgan fingerprint density at radius 2 is 1.78 bits per heavy atom. The van der Waals surface area contributed by atoms with Gasteiger partial charge in [0.05, 0.1) is 6.10 Å². The Morgan fingerprint density at radius 1 is 1.17 bits per heavy atom. The summed E-state index contributed by atoms with van der Waals surface area (Å²) in [6.07, 6.45) is 5.07. The number of hydrogen-bond donors (Lipinski definition) is 1. The molecular formula is C14H21F2NO. The van der Waals surface area contributed by atoms with Crippen LogP contribution in [0.1, 0.15) is 46.0 Å². The molecule has 0 heterocycles. The lowest BCUT2D eigenvalue weighted by atomic mass is 10.1. The molecule has 1 aromatic rings. The molecule has 0 fully saturated rings. The highest BCUT2D eigenvalue weighted by atomic mass is 19.1. The van der Waals surface area contributed by atoms with Gasteiger partial charge < -0.3 is 10.5 Å². The van der Waals surface area contributed by atoms with Gasteiger partial charge in [-0.25, -0.2) is 8.78 Å². The average molecular weight is 257 g/mol. The van der Waals surface area contributed by atoms with Crippen molar-refractivity contribution in [2.24, 2.45) is 0 Å². The van der Waals surface area contributed by atoms with Crippen LogP contribution in [-0.2, 0) is 0 Å². The van der Waals surface area contributed by atoms with Gasteiger partial charge in [0.2, 0.25) is 0 Å². The molecule has 0 radical (unpaired) electrons. The van der Waals surface area contributed by atoms with Crippen LogP contribution in [0.25, 0.3) is 0 Å². The molecule has 1 rings (SSSR count). The van der Waals surface area contributed by atoms with Crippen molar-refractivity contribution in [1.29, 1.82) is 0 Å². The average Bonchev–Trinajstić information content (AvgIpc) is 2.29. The van der Waals surface area contributed by atoms with Crippen molar-refractivity contribution in [2.75, 3.05) is 5.73 Å². The van der Waals surface area contributed by atoms with Crippen LogP contribution in [0, 0.1) is 11.6 Å². The minimum absolute atomic E-state index is 0.0629. The summed E-state index contributed by atoms with van der Waals surface area (Å²) < 4.78 is 32.2. The van der Waals surface area contributed by atoms with E-state index in [1.807, 2.05) is 6.92 Å².